The maximum Gasteiger partial charge on any atom is 0.251 e. The minimum atomic E-state index is -0.713. The molecule has 1 atom stereocenters. The molecule has 0 aromatic heterocycles. The van der Waals surface area contributed by atoms with Crippen molar-refractivity contribution in [2.45, 2.75) is 13.0 Å². The summed E-state index contributed by atoms with van der Waals surface area (Å²) in [6.45, 7) is 1.51. The van der Waals surface area contributed by atoms with Crippen LogP contribution in [-0.4, -0.2) is 17.9 Å². The third-order valence-corrected chi connectivity index (χ3v) is 3.19. The Kier molecular flexibility index (Phi) is 4.32. The van der Waals surface area contributed by atoms with E-state index in [9.17, 15) is 9.59 Å². The van der Waals surface area contributed by atoms with Gasteiger partial charge in [0.15, 0.2) is 0 Å². The summed E-state index contributed by atoms with van der Waals surface area (Å²) in [5, 5.41) is 2.88. The van der Waals surface area contributed by atoms with Crippen LogP contribution in [0.2, 0.25) is 5.02 Å². The Bertz CT molecular complexity index is 437. The van der Waals surface area contributed by atoms with Crippen molar-refractivity contribution in [3.8, 4) is 0 Å². The summed E-state index contributed by atoms with van der Waals surface area (Å²) in [6, 6.07) is 4.05. The van der Waals surface area contributed by atoms with E-state index in [0.717, 1.165) is 0 Å². The van der Waals surface area contributed by atoms with E-state index in [0.29, 0.717) is 15.1 Å². The van der Waals surface area contributed by atoms with Crippen molar-refractivity contribution >= 4 is 39.3 Å². The molecule has 3 N–H and O–H groups in total. The molecule has 1 unspecified atom stereocenters. The van der Waals surface area contributed by atoms with Crippen LogP contribution >= 0.6 is 27.5 Å². The van der Waals surface area contributed by atoms with Crippen LogP contribution in [0.25, 0.3) is 0 Å². The second-order valence-corrected chi connectivity index (χ2v) is 4.49. The first-order valence-corrected chi connectivity index (χ1v) is 5.64. The lowest BCUT2D eigenvalue weighted by atomic mass is 10.2. The van der Waals surface area contributed by atoms with Gasteiger partial charge in [-0.1, -0.05) is 11.6 Å². The van der Waals surface area contributed by atoms with E-state index in [1.165, 1.54) is 13.0 Å². The number of benzene rings is 1. The fourth-order valence-corrected chi connectivity index (χ4v) is 1.42. The maximum absolute atomic E-state index is 11.6. The molecule has 0 saturated heterocycles. The van der Waals surface area contributed by atoms with Gasteiger partial charge >= 0.3 is 0 Å². The van der Waals surface area contributed by atoms with Crippen LogP contribution in [0, 0.1) is 0 Å². The number of nitrogens with one attached hydrogen (secondary N) is 1. The average Bonchev–Trinajstić information content (AvgIpc) is 2.21. The van der Waals surface area contributed by atoms with Crippen molar-refractivity contribution in [1.29, 1.82) is 0 Å². The quantitative estimate of drug-likeness (QED) is 0.892. The predicted molar refractivity (Wildman–Crippen MR) is 65.3 cm³/mol. The topological polar surface area (TPSA) is 72.2 Å². The van der Waals surface area contributed by atoms with Crippen LogP contribution in [0.5, 0.6) is 0 Å². The molecule has 16 heavy (non-hydrogen) atoms. The summed E-state index contributed by atoms with van der Waals surface area (Å²) in [4.78, 5) is 22.4. The van der Waals surface area contributed by atoms with E-state index >= 15 is 0 Å². The highest BCUT2D eigenvalue weighted by Gasteiger charge is 2.14. The summed E-state index contributed by atoms with van der Waals surface area (Å²) < 4.78 is 0.702. The zero-order valence-electron chi connectivity index (χ0n) is 8.46. The van der Waals surface area contributed by atoms with Gasteiger partial charge in [-0.05, 0) is 41.1 Å². The number of rotatable bonds is 3. The van der Waals surface area contributed by atoms with Crippen LogP contribution in [-0.2, 0) is 4.79 Å². The van der Waals surface area contributed by atoms with E-state index in [2.05, 4.69) is 21.2 Å². The molecule has 86 valence electrons. The molecule has 4 nitrogen and oxygen atoms in total. The molecule has 0 spiro atoms. The Morgan fingerprint density at radius 1 is 1.50 bits per heavy atom. The second kappa shape index (κ2) is 5.32. The van der Waals surface area contributed by atoms with E-state index in [4.69, 9.17) is 17.3 Å². The van der Waals surface area contributed by atoms with Crippen molar-refractivity contribution in [3.63, 3.8) is 0 Å². The summed E-state index contributed by atoms with van der Waals surface area (Å²) in [5.74, 6) is -0.975. The van der Waals surface area contributed by atoms with Gasteiger partial charge in [0.2, 0.25) is 5.91 Å². The molecule has 1 aromatic carbocycles. The third-order valence-electron chi connectivity index (χ3n) is 1.96. The standard InChI is InChI=1S/C10H10BrClN2O2/c1-5(9(13)15)14-10(16)6-2-3-7(11)8(12)4-6/h2-5H,1H3,(H2,13,15)(H,14,16). The van der Waals surface area contributed by atoms with Crippen LogP contribution in [0.3, 0.4) is 0 Å². The number of halogens is 2. The molecule has 1 rings (SSSR count). The van der Waals surface area contributed by atoms with Crippen molar-refractivity contribution < 1.29 is 9.59 Å². The fraction of sp³-hybridized carbons (Fsp3) is 0.200. The van der Waals surface area contributed by atoms with Gasteiger partial charge in [-0.2, -0.15) is 0 Å². The molecule has 0 heterocycles. The van der Waals surface area contributed by atoms with Gasteiger partial charge in [0.25, 0.3) is 5.91 Å². The lowest BCUT2D eigenvalue weighted by molar-refractivity contribution is -0.119. The van der Waals surface area contributed by atoms with Crippen molar-refractivity contribution in [2.75, 3.05) is 0 Å². The van der Waals surface area contributed by atoms with Gasteiger partial charge in [0.1, 0.15) is 6.04 Å². The van der Waals surface area contributed by atoms with Gasteiger partial charge < -0.3 is 11.1 Å². The number of primary amides is 1. The number of carbonyl (C=O) groups excluding carboxylic acids is 2. The van der Waals surface area contributed by atoms with E-state index in [-0.39, 0.29) is 5.91 Å². The first-order chi connectivity index (χ1) is 7.41. The molecule has 6 heteroatoms. The third kappa shape index (κ3) is 3.21. The summed E-state index contributed by atoms with van der Waals surface area (Å²) >= 11 is 9.05. The Morgan fingerprint density at radius 3 is 2.62 bits per heavy atom. The van der Waals surface area contributed by atoms with Crippen molar-refractivity contribution in [3.05, 3.63) is 33.3 Å². The van der Waals surface area contributed by atoms with E-state index in [1.807, 2.05) is 0 Å². The lowest BCUT2D eigenvalue weighted by Gasteiger charge is -2.10. The van der Waals surface area contributed by atoms with E-state index in [1.54, 1.807) is 12.1 Å². The van der Waals surface area contributed by atoms with Crippen molar-refractivity contribution in [2.24, 2.45) is 5.73 Å². The molecule has 0 bridgehead atoms. The number of nitrogens with two attached hydrogens (primary N) is 1. The smallest absolute Gasteiger partial charge is 0.251 e. The molecule has 1 aromatic rings. The van der Waals surface area contributed by atoms with Crippen molar-refractivity contribution in [1.82, 2.24) is 5.32 Å². The second-order valence-electron chi connectivity index (χ2n) is 3.23. The van der Waals surface area contributed by atoms with Crippen LogP contribution < -0.4 is 11.1 Å². The highest BCUT2D eigenvalue weighted by atomic mass is 79.9. The Morgan fingerprint density at radius 2 is 2.12 bits per heavy atom. The van der Waals surface area contributed by atoms with Gasteiger partial charge in [-0.25, -0.2) is 0 Å². The largest absolute Gasteiger partial charge is 0.368 e. The molecule has 2 amide bonds. The normalized spacial score (nSPS) is 11.9. The molecule has 0 aliphatic carbocycles. The number of amides is 2. The summed E-state index contributed by atoms with van der Waals surface area (Å²) in [5.41, 5.74) is 5.41. The van der Waals surface area contributed by atoms with Crippen LogP contribution in [0.4, 0.5) is 0 Å². The van der Waals surface area contributed by atoms with Crippen LogP contribution in [0.1, 0.15) is 17.3 Å². The Hall–Kier alpha value is -1.07. The average molecular weight is 306 g/mol. The predicted octanol–water partition coefficient (Wildman–Crippen LogP) is 1.71. The first-order valence-electron chi connectivity index (χ1n) is 4.47. The molecule has 0 saturated carbocycles. The maximum atomic E-state index is 11.6. The van der Waals surface area contributed by atoms with Crippen LogP contribution in [0.15, 0.2) is 22.7 Å². The summed E-state index contributed by atoms with van der Waals surface area (Å²) in [7, 11) is 0. The van der Waals surface area contributed by atoms with Gasteiger partial charge in [-0.15, -0.1) is 0 Å². The first kappa shape index (κ1) is 13.0. The highest BCUT2D eigenvalue weighted by Crippen LogP contribution is 2.23. The zero-order chi connectivity index (χ0) is 12.3. The summed E-state index contributed by atoms with van der Waals surface area (Å²) in [6.07, 6.45) is 0. The molecule has 0 radical (unpaired) electrons. The molecular formula is C10H10BrClN2O2. The molecule has 0 aliphatic rings. The minimum absolute atomic E-state index is 0.376. The SMILES string of the molecule is CC(NC(=O)c1ccc(Br)c(Cl)c1)C(N)=O. The van der Waals surface area contributed by atoms with Gasteiger partial charge in [0.05, 0.1) is 5.02 Å². The number of carbonyl (C=O) groups is 2. The Balaban J connectivity index is 2.81. The van der Waals surface area contributed by atoms with Gasteiger partial charge in [0, 0.05) is 10.0 Å². The van der Waals surface area contributed by atoms with E-state index < -0.39 is 11.9 Å². The zero-order valence-corrected chi connectivity index (χ0v) is 10.8. The number of hydrogen-bond donors (Lipinski definition) is 2. The van der Waals surface area contributed by atoms with Gasteiger partial charge in [-0.3, -0.25) is 9.59 Å². The number of hydrogen-bond acceptors (Lipinski definition) is 2. The molecular weight excluding hydrogens is 295 g/mol. The Labute approximate surface area is 106 Å². The minimum Gasteiger partial charge on any atom is -0.368 e. The monoisotopic (exact) mass is 304 g/mol. The molecule has 0 fully saturated rings. The molecule has 0 aliphatic heterocycles. The fourth-order valence-electron chi connectivity index (χ4n) is 0.988. The lowest BCUT2D eigenvalue weighted by Crippen LogP contribution is -2.42. The highest BCUT2D eigenvalue weighted by molar-refractivity contribution is 9.10.